The number of aromatic nitrogens is 2. The van der Waals surface area contributed by atoms with Gasteiger partial charge in [0.1, 0.15) is 23.7 Å². The SMILES string of the molecule is CCOC1(O[C@@H]2[C@H](OP(OCCC#N)N(C(C)C)C(C)C)[C@@H](CSC(c3ccccc3)(c3ccc(OC)cc3)c3ccc(OC)cc3)O[C@H]2n2ccc(=O)[nH]c2=O)CCN(c2ccc(Cl)cc2)CC1. The van der Waals surface area contributed by atoms with Crippen LogP contribution in [0, 0.1) is 11.3 Å². The molecule has 1 unspecified atom stereocenters. The fourth-order valence-electron chi connectivity index (χ4n) is 9.19. The molecule has 4 aromatic carbocycles. The van der Waals surface area contributed by atoms with Crippen molar-refractivity contribution in [2.75, 3.05) is 51.2 Å². The highest BCUT2D eigenvalue weighted by molar-refractivity contribution is 8.00. The molecule has 0 spiro atoms. The van der Waals surface area contributed by atoms with Crippen molar-refractivity contribution in [3.8, 4) is 17.6 Å². The van der Waals surface area contributed by atoms with Crippen LogP contribution in [0.1, 0.15) is 76.8 Å². The Bertz CT molecular complexity index is 2500. The van der Waals surface area contributed by atoms with Gasteiger partial charge in [-0.1, -0.05) is 66.2 Å². The summed E-state index contributed by atoms with van der Waals surface area (Å²) in [4.78, 5) is 31.3. The smallest absolute Gasteiger partial charge is 0.330 e. The first kappa shape index (κ1) is 52.1. The number of anilines is 1. The van der Waals surface area contributed by atoms with Crippen molar-refractivity contribution in [3.63, 3.8) is 0 Å². The number of ether oxygens (including phenoxy) is 5. The van der Waals surface area contributed by atoms with Crippen molar-refractivity contribution in [2.24, 2.45) is 0 Å². The lowest BCUT2D eigenvalue weighted by molar-refractivity contribution is -0.284. The van der Waals surface area contributed by atoms with Crippen molar-refractivity contribution in [2.45, 2.75) is 101 Å². The molecule has 14 nitrogen and oxygen atoms in total. The minimum atomic E-state index is -1.87. The summed E-state index contributed by atoms with van der Waals surface area (Å²) in [7, 11) is 1.43. The van der Waals surface area contributed by atoms with E-state index in [-0.39, 0.29) is 25.1 Å². The minimum absolute atomic E-state index is 0.0202. The highest BCUT2D eigenvalue weighted by Gasteiger charge is 2.54. The van der Waals surface area contributed by atoms with Gasteiger partial charge in [-0.15, -0.1) is 11.8 Å². The number of halogens is 1. The van der Waals surface area contributed by atoms with E-state index in [1.807, 2.05) is 73.7 Å². The average molecular weight is 1000 g/mol. The lowest BCUT2D eigenvalue weighted by atomic mass is 9.84. The van der Waals surface area contributed by atoms with E-state index in [0.29, 0.717) is 54.8 Å². The molecule has 5 aromatic rings. The second kappa shape index (κ2) is 23.9. The van der Waals surface area contributed by atoms with Crippen LogP contribution in [0.3, 0.4) is 0 Å². The van der Waals surface area contributed by atoms with E-state index in [0.717, 1.165) is 22.4 Å². The summed E-state index contributed by atoms with van der Waals surface area (Å²) in [5, 5.41) is 10.3. The molecule has 69 heavy (non-hydrogen) atoms. The number of thioether (sulfide) groups is 1. The molecule has 0 aliphatic carbocycles. The number of nitriles is 1. The monoisotopic (exact) mass is 999 g/mol. The number of nitrogens with zero attached hydrogens (tertiary/aromatic N) is 4. The van der Waals surface area contributed by atoms with Gasteiger partial charge in [-0.2, -0.15) is 5.26 Å². The number of hydrogen-bond acceptors (Lipinski definition) is 13. The predicted octanol–water partition coefficient (Wildman–Crippen LogP) is 9.91. The Labute approximate surface area is 415 Å². The maximum absolute atomic E-state index is 14.0. The zero-order valence-electron chi connectivity index (χ0n) is 40.3. The van der Waals surface area contributed by atoms with Crippen LogP contribution in [0.4, 0.5) is 5.69 Å². The molecule has 2 fully saturated rings. The Morgan fingerprint density at radius 3 is 2.00 bits per heavy atom. The number of piperidine rings is 1. The number of benzene rings is 4. The van der Waals surface area contributed by atoms with E-state index in [1.54, 1.807) is 26.0 Å². The summed E-state index contributed by atoms with van der Waals surface area (Å²) in [5.74, 6) is 0.616. The Kier molecular flexibility index (Phi) is 18.1. The second-order valence-electron chi connectivity index (χ2n) is 17.4. The fraction of sp³-hybridized carbons (Fsp3) is 0.442. The molecule has 2 aliphatic rings. The fourth-order valence-corrected chi connectivity index (χ4v) is 12.7. The molecule has 2 saturated heterocycles. The molecule has 7 rings (SSSR count). The average Bonchev–Trinajstić information content (AvgIpc) is 3.67. The van der Waals surface area contributed by atoms with E-state index < -0.39 is 54.8 Å². The molecule has 1 N–H and O–H groups in total. The second-order valence-corrected chi connectivity index (χ2v) is 20.5. The van der Waals surface area contributed by atoms with Gasteiger partial charge in [0.05, 0.1) is 44.2 Å². The quantitative estimate of drug-likeness (QED) is 0.0304. The van der Waals surface area contributed by atoms with Gasteiger partial charge in [0, 0.05) is 73.3 Å². The molecule has 5 atom stereocenters. The summed E-state index contributed by atoms with van der Waals surface area (Å²) < 4.78 is 49.2. The van der Waals surface area contributed by atoms with Crippen LogP contribution in [0.15, 0.2) is 125 Å². The maximum Gasteiger partial charge on any atom is 0.330 e. The van der Waals surface area contributed by atoms with Gasteiger partial charge in [-0.3, -0.25) is 14.3 Å². The first-order valence-electron chi connectivity index (χ1n) is 23.4. The van der Waals surface area contributed by atoms with E-state index in [9.17, 15) is 14.9 Å². The Morgan fingerprint density at radius 1 is 0.870 bits per heavy atom. The minimum Gasteiger partial charge on any atom is -0.497 e. The zero-order valence-corrected chi connectivity index (χ0v) is 42.8. The summed E-state index contributed by atoms with van der Waals surface area (Å²) in [6.45, 7) is 12.0. The van der Waals surface area contributed by atoms with E-state index in [2.05, 4.69) is 84.7 Å². The van der Waals surface area contributed by atoms with Crippen LogP contribution in [0.5, 0.6) is 11.5 Å². The van der Waals surface area contributed by atoms with Gasteiger partial charge in [0.2, 0.25) is 0 Å². The molecule has 17 heteroatoms. The Hall–Kier alpha value is -4.72. The third-order valence-electron chi connectivity index (χ3n) is 12.4. The van der Waals surface area contributed by atoms with Crippen molar-refractivity contribution in [1.82, 2.24) is 14.2 Å². The number of aromatic amines is 1. The molecule has 368 valence electrons. The normalized spacial score (nSPS) is 19.8. The molecule has 2 aliphatic heterocycles. The van der Waals surface area contributed by atoms with Crippen molar-refractivity contribution in [1.29, 1.82) is 5.26 Å². The molecule has 0 bridgehead atoms. The maximum atomic E-state index is 14.0. The predicted molar refractivity (Wildman–Crippen MR) is 272 cm³/mol. The third-order valence-corrected chi connectivity index (χ3v) is 16.4. The van der Waals surface area contributed by atoms with Crippen LogP contribution >= 0.6 is 31.9 Å². The molecule has 0 saturated carbocycles. The highest BCUT2D eigenvalue weighted by Crippen LogP contribution is 2.54. The first-order valence-corrected chi connectivity index (χ1v) is 25.9. The van der Waals surface area contributed by atoms with E-state index in [4.69, 9.17) is 44.3 Å². The topological polar surface area (TPSA) is 150 Å². The lowest BCUT2D eigenvalue weighted by Crippen LogP contribution is -2.53. The van der Waals surface area contributed by atoms with Crippen LogP contribution in [-0.2, 0) is 28.0 Å². The molecule has 0 amide bonds. The summed E-state index contributed by atoms with van der Waals surface area (Å²) in [5.41, 5.74) is 2.80. The number of rotatable bonds is 22. The van der Waals surface area contributed by atoms with Crippen molar-refractivity contribution < 1.29 is 32.7 Å². The molecule has 1 aromatic heterocycles. The van der Waals surface area contributed by atoms with Crippen LogP contribution in [-0.4, -0.2) is 96.7 Å². The number of hydrogen-bond donors (Lipinski definition) is 1. The Balaban J connectivity index is 1.38. The van der Waals surface area contributed by atoms with Crippen LogP contribution in [0.25, 0.3) is 0 Å². The van der Waals surface area contributed by atoms with Gasteiger partial charge in [-0.05, 0) is 99.8 Å². The molecular formula is C52H63ClN5O9PS. The Morgan fingerprint density at radius 2 is 1.46 bits per heavy atom. The van der Waals surface area contributed by atoms with Crippen molar-refractivity contribution in [3.05, 3.63) is 158 Å². The molecule has 3 heterocycles. The van der Waals surface area contributed by atoms with Crippen LogP contribution in [0.2, 0.25) is 5.02 Å². The van der Waals surface area contributed by atoms with E-state index >= 15 is 0 Å². The summed E-state index contributed by atoms with van der Waals surface area (Å²) >= 11 is 7.93. The largest absolute Gasteiger partial charge is 0.497 e. The summed E-state index contributed by atoms with van der Waals surface area (Å²) in [6.07, 6.45) is -1.17. The standard InChI is InChI=1S/C52H63ClN5O9PS/c1-8-63-51(28-32-56(33-29-51)42-21-19-41(53)20-22-42)66-48-47(67-68(64-34-12-30-54)58(36(2)3)37(4)5)45(65-49(48)57-31-27-46(59)55-50(57)60)35-69-52(38-13-10-9-11-14-38,39-15-23-43(61-6)24-16-39)40-17-25-44(62-7)26-18-40/h9-11,13-27,31,36-37,45,47-49H,8,12,28-29,32-35H2,1-7H3,(H,55,59,60)/t45-,47-,48-,49-,68?/m1/s1. The van der Waals surface area contributed by atoms with Gasteiger partial charge in [0.25, 0.3) is 14.1 Å². The summed E-state index contributed by atoms with van der Waals surface area (Å²) in [6, 6.07) is 37.7. The number of methoxy groups -OCH3 is 2. The van der Waals surface area contributed by atoms with Gasteiger partial charge in [0.15, 0.2) is 12.0 Å². The first-order chi connectivity index (χ1) is 33.3. The highest BCUT2D eigenvalue weighted by atomic mass is 35.5. The lowest BCUT2D eigenvalue weighted by Gasteiger charge is -2.45. The van der Waals surface area contributed by atoms with Gasteiger partial charge < -0.3 is 37.6 Å². The molecule has 0 radical (unpaired) electrons. The van der Waals surface area contributed by atoms with Gasteiger partial charge >= 0.3 is 5.69 Å². The van der Waals surface area contributed by atoms with Crippen LogP contribution < -0.4 is 25.6 Å². The van der Waals surface area contributed by atoms with Crippen molar-refractivity contribution >= 4 is 37.6 Å². The number of H-pyrrole nitrogens is 1. The van der Waals surface area contributed by atoms with E-state index in [1.165, 1.54) is 16.8 Å². The zero-order chi connectivity index (χ0) is 49.1. The number of nitrogens with one attached hydrogen (secondary N) is 1. The van der Waals surface area contributed by atoms with Gasteiger partial charge in [-0.25, -0.2) is 9.46 Å². The third kappa shape index (κ3) is 12.1. The molecular weight excluding hydrogens is 937 g/mol.